The van der Waals surface area contributed by atoms with Crippen LogP contribution < -0.4 is 10.1 Å². The Hall–Kier alpha value is -3.03. The third-order valence-electron chi connectivity index (χ3n) is 4.57. The van der Waals surface area contributed by atoms with Crippen molar-refractivity contribution in [2.75, 3.05) is 7.11 Å². The quantitative estimate of drug-likeness (QED) is 0.421. The van der Waals surface area contributed by atoms with Crippen molar-refractivity contribution in [2.24, 2.45) is 0 Å². The zero-order valence-electron chi connectivity index (χ0n) is 15.7. The molecule has 0 aliphatic carbocycles. The number of nitrogens with zero attached hydrogens (tertiary/aromatic N) is 1. The van der Waals surface area contributed by atoms with Crippen LogP contribution in [0.25, 0.3) is 21.2 Å². The highest BCUT2D eigenvalue weighted by Gasteiger charge is 2.19. The standard InChI is InChI=1S/C22H15ClF2N2O2S/c1-29-17-6-5-12(13-8-15(24)11-26-9-13)7-14(17)10-27-22(28)21-20(23)19-16(25)3-2-4-18(19)30-21/h2-9,11H,10H2,1H3,(H,27,28). The maximum Gasteiger partial charge on any atom is 0.263 e. The number of methoxy groups -OCH3 is 1. The average molecular weight is 445 g/mol. The highest BCUT2D eigenvalue weighted by Crippen LogP contribution is 2.37. The number of amides is 1. The highest BCUT2D eigenvalue weighted by molar-refractivity contribution is 7.21. The number of nitrogens with one attached hydrogen (secondary N) is 1. The Morgan fingerprint density at radius 2 is 2.00 bits per heavy atom. The van der Waals surface area contributed by atoms with Crippen LogP contribution in [0.2, 0.25) is 5.02 Å². The summed E-state index contributed by atoms with van der Waals surface area (Å²) in [6, 6.07) is 11.3. The van der Waals surface area contributed by atoms with Crippen LogP contribution in [0.5, 0.6) is 5.75 Å². The first-order valence-corrected chi connectivity index (χ1v) is 10.1. The number of rotatable bonds is 5. The largest absolute Gasteiger partial charge is 0.496 e. The Labute approximate surface area is 180 Å². The number of hydrogen-bond acceptors (Lipinski definition) is 4. The Morgan fingerprint density at radius 1 is 1.17 bits per heavy atom. The van der Waals surface area contributed by atoms with Gasteiger partial charge in [-0.15, -0.1) is 11.3 Å². The van der Waals surface area contributed by atoms with E-state index in [0.717, 1.165) is 23.1 Å². The van der Waals surface area contributed by atoms with Gasteiger partial charge >= 0.3 is 0 Å². The van der Waals surface area contributed by atoms with Gasteiger partial charge in [0, 0.05) is 34.0 Å². The monoisotopic (exact) mass is 444 g/mol. The molecule has 0 bridgehead atoms. The predicted molar refractivity (Wildman–Crippen MR) is 114 cm³/mol. The van der Waals surface area contributed by atoms with E-state index in [1.54, 1.807) is 36.5 Å². The lowest BCUT2D eigenvalue weighted by Gasteiger charge is -2.12. The third-order valence-corrected chi connectivity index (χ3v) is 6.21. The van der Waals surface area contributed by atoms with E-state index in [9.17, 15) is 13.6 Å². The van der Waals surface area contributed by atoms with Gasteiger partial charge in [-0.2, -0.15) is 0 Å². The molecule has 152 valence electrons. The fourth-order valence-electron chi connectivity index (χ4n) is 3.14. The van der Waals surface area contributed by atoms with Crippen LogP contribution >= 0.6 is 22.9 Å². The van der Waals surface area contributed by atoms with Crippen LogP contribution in [0.15, 0.2) is 54.9 Å². The summed E-state index contributed by atoms with van der Waals surface area (Å²) in [6.07, 6.45) is 2.69. The van der Waals surface area contributed by atoms with Crippen LogP contribution in [-0.2, 0) is 6.54 Å². The molecule has 2 aromatic heterocycles. The molecule has 0 aliphatic rings. The van der Waals surface area contributed by atoms with Crippen molar-refractivity contribution < 1.29 is 18.3 Å². The molecule has 2 heterocycles. The van der Waals surface area contributed by atoms with Crippen LogP contribution in [-0.4, -0.2) is 18.0 Å². The molecule has 0 spiro atoms. The zero-order chi connectivity index (χ0) is 21.3. The number of hydrogen-bond donors (Lipinski definition) is 1. The molecule has 0 radical (unpaired) electrons. The number of benzene rings is 2. The molecular formula is C22H15ClF2N2O2S. The van der Waals surface area contributed by atoms with Gasteiger partial charge in [-0.05, 0) is 35.9 Å². The lowest BCUT2D eigenvalue weighted by molar-refractivity contribution is 0.0955. The van der Waals surface area contributed by atoms with Gasteiger partial charge in [0.15, 0.2) is 0 Å². The summed E-state index contributed by atoms with van der Waals surface area (Å²) < 4.78 is 33.5. The Bertz CT molecular complexity index is 1260. The number of fused-ring (bicyclic) bond motifs is 1. The number of aromatic nitrogens is 1. The summed E-state index contributed by atoms with van der Waals surface area (Å²) in [5.74, 6) is -0.756. The van der Waals surface area contributed by atoms with Crippen molar-refractivity contribution in [1.29, 1.82) is 0 Å². The Kier molecular flexibility index (Phi) is 5.65. The molecule has 30 heavy (non-hydrogen) atoms. The molecule has 0 aliphatic heterocycles. The maximum atomic E-state index is 14.0. The smallest absolute Gasteiger partial charge is 0.263 e. The molecule has 4 aromatic rings. The first-order chi connectivity index (χ1) is 14.5. The number of carbonyl (C=O) groups is 1. The van der Waals surface area contributed by atoms with Crippen molar-refractivity contribution in [1.82, 2.24) is 10.3 Å². The number of ether oxygens (including phenoxy) is 1. The topological polar surface area (TPSA) is 51.2 Å². The van der Waals surface area contributed by atoms with Crippen molar-refractivity contribution in [3.05, 3.63) is 82.0 Å². The maximum absolute atomic E-state index is 14.0. The van der Waals surface area contributed by atoms with E-state index in [1.807, 2.05) is 0 Å². The number of pyridine rings is 1. The lowest BCUT2D eigenvalue weighted by atomic mass is 10.0. The summed E-state index contributed by atoms with van der Waals surface area (Å²) in [7, 11) is 1.52. The molecule has 0 atom stereocenters. The minimum Gasteiger partial charge on any atom is -0.496 e. The van der Waals surface area contributed by atoms with Gasteiger partial charge in [0.2, 0.25) is 0 Å². The van der Waals surface area contributed by atoms with Crippen LogP contribution in [0.1, 0.15) is 15.2 Å². The van der Waals surface area contributed by atoms with Crippen molar-refractivity contribution in [3.63, 3.8) is 0 Å². The van der Waals surface area contributed by atoms with E-state index in [2.05, 4.69) is 10.3 Å². The number of halogens is 3. The molecule has 1 amide bonds. The molecule has 4 nitrogen and oxygen atoms in total. The minimum atomic E-state index is -0.467. The molecule has 0 saturated carbocycles. The van der Waals surface area contributed by atoms with E-state index in [0.29, 0.717) is 21.6 Å². The second-order valence-corrected chi connectivity index (χ2v) is 7.89. The van der Waals surface area contributed by atoms with Crippen LogP contribution in [0.4, 0.5) is 8.78 Å². The van der Waals surface area contributed by atoms with Crippen LogP contribution in [0.3, 0.4) is 0 Å². The second kappa shape index (κ2) is 8.38. The van der Waals surface area contributed by atoms with Crippen molar-refractivity contribution >= 4 is 38.9 Å². The van der Waals surface area contributed by atoms with E-state index in [-0.39, 0.29) is 21.8 Å². The van der Waals surface area contributed by atoms with E-state index >= 15 is 0 Å². The van der Waals surface area contributed by atoms with Gasteiger partial charge in [0.1, 0.15) is 22.3 Å². The van der Waals surface area contributed by atoms with E-state index in [4.69, 9.17) is 16.3 Å². The van der Waals surface area contributed by atoms with Gasteiger partial charge in [-0.25, -0.2) is 8.78 Å². The fraction of sp³-hybridized carbons (Fsp3) is 0.0909. The molecule has 0 unspecified atom stereocenters. The third kappa shape index (κ3) is 3.86. The molecule has 0 saturated heterocycles. The fourth-order valence-corrected chi connectivity index (χ4v) is 4.61. The molecule has 4 rings (SSSR count). The van der Waals surface area contributed by atoms with Gasteiger partial charge in [0.25, 0.3) is 5.91 Å². The molecule has 1 N–H and O–H groups in total. The van der Waals surface area contributed by atoms with Gasteiger partial charge in [-0.1, -0.05) is 23.7 Å². The summed E-state index contributed by atoms with van der Waals surface area (Å²) >= 11 is 7.39. The Morgan fingerprint density at radius 3 is 2.73 bits per heavy atom. The Balaban J connectivity index is 1.60. The SMILES string of the molecule is COc1ccc(-c2cncc(F)c2)cc1CNC(=O)c1sc2cccc(F)c2c1Cl. The number of thiophene rings is 1. The molecule has 2 aromatic carbocycles. The predicted octanol–water partition coefficient (Wildman–Crippen LogP) is 5.83. The van der Waals surface area contributed by atoms with Crippen molar-refractivity contribution in [3.8, 4) is 16.9 Å². The first-order valence-electron chi connectivity index (χ1n) is 8.90. The summed E-state index contributed by atoms with van der Waals surface area (Å²) in [5, 5.41) is 3.13. The zero-order valence-corrected chi connectivity index (χ0v) is 17.3. The minimum absolute atomic E-state index is 0.0946. The summed E-state index contributed by atoms with van der Waals surface area (Å²) in [6.45, 7) is 0.144. The van der Waals surface area contributed by atoms with Gasteiger partial charge in [-0.3, -0.25) is 9.78 Å². The first kappa shape index (κ1) is 20.3. The molecular weight excluding hydrogens is 430 g/mol. The van der Waals surface area contributed by atoms with Gasteiger partial charge < -0.3 is 10.1 Å². The second-order valence-electron chi connectivity index (χ2n) is 6.46. The summed E-state index contributed by atoms with van der Waals surface area (Å²) in [4.78, 5) is 16.8. The normalized spacial score (nSPS) is 10.9. The number of carbonyl (C=O) groups excluding carboxylic acids is 1. The summed E-state index contributed by atoms with van der Waals surface area (Å²) in [5.41, 5.74) is 2.03. The van der Waals surface area contributed by atoms with E-state index in [1.165, 1.54) is 19.2 Å². The van der Waals surface area contributed by atoms with Gasteiger partial charge in [0.05, 0.1) is 18.3 Å². The lowest BCUT2D eigenvalue weighted by Crippen LogP contribution is -2.22. The van der Waals surface area contributed by atoms with E-state index < -0.39 is 17.5 Å². The molecule has 8 heteroatoms. The highest BCUT2D eigenvalue weighted by atomic mass is 35.5. The molecule has 0 fully saturated rings. The van der Waals surface area contributed by atoms with Crippen molar-refractivity contribution in [2.45, 2.75) is 6.54 Å². The van der Waals surface area contributed by atoms with Crippen LogP contribution in [0, 0.1) is 11.6 Å². The average Bonchev–Trinajstić information content (AvgIpc) is 3.09.